The molecule has 0 aromatic heterocycles. The molecule has 1 aliphatic heterocycles. The van der Waals surface area contributed by atoms with Gasteiger partial charge in [0.2, 0.25) is 0 Å². The zero-order valence-electron chi connectivity index (χ0n) is 9.37. The van der Waals surface area contributed by atoms with Crippen molar-refractivity contribution in [2.24, 2.45) is 0 Å². The third-order valence-electron chi connectivity index (χ3n) is 2.35. The topological polar surface area (TPSA) is 44.8 Å². The van der Waals surface area contributed by atoms with Crippen molar-refractivity contribution in [2.45, 2.75) is 38.7 Å². The molecule has 1 unspecified atom stereocenters. The fourth-order valence-electron chi connectivity index (χ4n) is 1.58. The monoisotopic (exact) mass is 216 g/mol. The minimum absolute atomic E-state index is 0.0988. The first-order valence-corrected chi connectivity index (χ1v) is 5.68. The Kier molecular flexibility index (Phi) is 6.36. The zero-order chi connectivity index (χ0) is 10.9. The van der Waals surface area contributed by atoms with E-state index < -0.39 is 0 Å². The minimum atomic E-state index is -0.0988. The summed E-state index contributed by atoms with van der Waals surface area (Å²) in [6, 6.07) is 0. The molecule has 1 aliphatic rings. The Morgan fingerprint density at radius 3 is 2.93 bits per heavy atom. The molecule has 0 aliphatic carbocycles. The van der Waals surface area contributed by atoms with Crippen LogP contribution < -0.4 is 0 Å². The zero-order valence-corrected chi connectivity index (χ0v) is 9.37. The maximum atomic E-state index is 11.0. The van der Waals surface area contributed by atoms with Gasteiger partial charge in [-0.25, -0.2) is 0 Å². The summed E-state index contributed by atoms with van der Waals surface area (Å²) in [6.45, 7) is 4.39. The first kappa shape index (κ1) is 12.5. The van der Waals surface area contributed by atoms with E-state index in [2.05, 4.69) is 0 Å². The first-order chi connectivity index (χ1) is 7.33. The van der Waals surface area contributed by atoms with Crippen molar-refractivity contribution in [3.8, 4) is 0 Å². The van der Waals surface area contributed by atoms with E-state index in [0.29, 0.717) is 32.8 Å². The smallest absolute Gasteiger partial charge is 0.305 e. The highest BCUT2D eigenvalue weighted by Crippen LogP contribution is 2.10. The van der Waals surface area contributed by atoms with Gasteiger partial charge in [-0.3, -0.25) is 4.79 Å². The molecule has 1 saturated heterocycles. The van der Waals surface area contributed by atoms with Crippen LogP contribution in [0.25, 0.3) is 0 Å². The number of ether oxygens (including phenoxy) is 3. The lowest BCUT2D eigenvalue weighted by molar-refractivity contribution is -0.143. The second-order valence-corrected chi connectivity index (χ2v) is 3.62. The molecular weight excluding hydrogens is 196 g/mol. The van der Waals surface area contributed by atoms with Crippen molar-refractivity contribution in [2.75, 3.05) is 26.4 Å². The quantitative estimate of drug-likeness (QED) is 0.499. The second kappa shape index (κ2) is 7.65. The molecule has 0 spiro atoms. The molecule has 1 atom stereocenters. The van der Waals surface area contributed by atoms with Crippen LogP contribution in [0.3, 0.4) is 0 Å². The minimum Gasteiger partial charge on any atom is -0.466 e. The van der Waals surface area contributed by atoms with Gasteiger partial charge >= 0.3 is 5.97 Å². The number of hydrogen-bond acceptors (Lipinski definition) is 4. The van der Waals surface area contributed by atoms with E-state index in [0.717, 1.165) is 19.3 Å². The van der Waals surface area contributed by atoms with Crippen molar-refractivity contribution < 1.29 is 19.0 Å². The Morgan fingerprint density at radius 2 is 2.27 bits per heavy atom. The average molecular weight is 216 g/mol. The molecule has 0 bridgehead atoms. The molecule has 4 heteroatoms. The normalized spacial score (nSPS) is 21.3. The maximum absolute atomic E-state index is 11.0. The third kappa shape index (κ3) is 5.74. The summed E-state index contributed by atoms with van der Waals surface area (Å²) in [4.78, 5) is 11.0. The van der Waals surface area contributed by atoms with Gasteiger partial charge in [-0.2, -0.15) is 0 Å². The number of unbranched alkanes of at least 4 members (excludes halogenated alkanes) is 1. The molecule has 0 saturated carbocycles. The summed E-state index contributed by atoms with van der Waals surface area (Å²) >= 11 is 0. The van der Waals surface area contributed by atoms with Crippen LogP contribution in [-0.2, 0) is 19.0 Å². The van der Waals surface area contributed by atoms with Crippen LogP contribution in [0.4, 0.5) is 0 Å². The lowest BCUT2D eigenvalue weighted by Gasteiger charge is -2.22. The summed E-state index contributed by atoms with van der Waals surface area (Å²) in [5.74, 6) is -0.0988. The molecule has 0 amide bonds. The molecule has 15 heavy (non-hydrogen) atoms. The van der Waals surface area contributed by atoms with E-state index in [9.17, 15) is 4.79 Å². The SMILES string of the molecule is CCOC(=O)CCCCC1COCCO1. The molecule has 0 radical (unpaired) electrons. The summed E-state index contributed by atoms with van der Waals surface area (Å²) in [7, 11) is 0. The van der Waals surface area contributed by atoms with Crippen molar-refractivity contribution >= 4 is 5.97 Å². The number of esters is 1. The highest BCUT2D eigenvalue weighted by Gasteiger charge is 2.13. The molecule has 0 N–H and O–H groups in total. The van der Waals surface area contributed by atoms with Gasteiger partial charge in [-0.15, -0.1) is 0 Å². The van der Waals surface area contributed by atoms with Crippen LogP contribution in [-0.4, -0.2) is 38.5 Å². The Hall–Kier alpha value is -0.610. The van der Waals surface area contributed by atoms with Crippen LogP contribution in [0.1, 0.15) is 32.6 Å². The Bertz CT molecular complexity index is 175. The third-order valence-corrected chi connectivity index (χ3v) is 2.35. The van der Waals surface area contributed by atoms with Crippen molar-refractivity contribution in [1.29, 1.82) is 0 Å². The highest BCUT2D eigenvalue weighted by molar-refractivity contribution is 5.69. The standard InChI is InChI=1S/C11H20O4/c1-2-14-11(12)6-4-3-5-10-9-13-7-8-15-10/h10H,2-9H2,1H3. The summed E-state index contributed by atoms with van der Waals surface area (Å²) in [5.41, 5.74) is 0. The van der Waals surface area contributed by atoms with Gasteiger partial charge in [0, 0.05) is 6.42 Å². The van der Waals surface area contributed by atoms with Gasteiger partial charge < -0.3 is 14.2 Å². The Labute approximate surface area is 90.9 Å². The highest BCUT2D eigenvalue weighted by atomic mass is 16.6. The van der Waals surface area contributed by atoms with E-state index >= 15 is 0 Å². The van der Waals surface area contributed by atoms with Crippen LogP contribution in [0, 0.1) is 0 Å². The maximum Gasteiger partial charge on any atom is 0.305 e. The van der Waals surface area contributed by atoms with Crippen molar-refractivity contribution in [3.05, 3.63) is 0 Å². The first-order valence-electron chi connectivity index (χ1n) is 5.68. The molecule has 4 nitrogen and oxygen atoms in total. The van der Waals surface area contributed by atoms with Crippen LogP contribution in [0.15, 0.2) is 0 Å². The van der Waals surface area contributed by atoms with Gasteiger partial charge in [0.15, 0.2) is 0 Å². The predicted molar refractivity (Wildman–Crippen MR) is 55.7 cm³/mol. The average Bonchev–Trinajstić information content (AvgIpc) is 2.26. The van der Waals surface area contributed by atoms with E-state index in [4.69, 9.17) is 14.2 Å². The lowest BCUT2D eigenvalue weighted by Crippen LogP contribution is -2.28. The largest absolute Gasteiger partial charge is 0.466 e. The summed E-state index contributed by atoms with van der Waals surface area (Å²) < 4.78 is 15.6. The van der Waals surface area contributed by atoms with Gasteiger partial charge in [-0.1, -0.05) is 6.42 Å². The van der Waals surface area contributed by atoms with Gasteiger partial charge in [0.05, 0.1) is 32.5 Å². The molecule has 1 fully saturated rings. The Morgan fingerprint density at radius 1 is 1.40 bits per heavy atom. The number of carbonyl (C=O) groups is 1. The van der Waals surface area contributed by atoms with Crippen LogP contribution >= 0.6 is 0 Å². The van der Waals surface area contributed by atoms with E-state index in [1.807, 2.05) is 6.92 Å². The van der Waals surface area contributed by atoms with E-state index in [1.54, 1.807) is 0 Å². The summed E-state index contributed by atoms with van der Waals surface area (Å²) in [6.07, 6.45) is 3.58. The molecule has 88 valence electrons. The van der Waals surface area contributed by atoms with Crippen LogP contribution in [0.5, 0.6) is 0 Å². The van der Waals surface area contributed by atoms with E-state index in [-0.39, 0.29) is 12.1 Å². The molecule has 1 rings (SSSR count). The predicted octanol–water partition coefficient (Wildman–Crippen LogP) is 1.53. The fourth-order valence-corrected chi connectivity index (χ4v) is 1.58. The van der Waals surface area contributed by atoms with Gasteiger partial charge in [-0.05, 0) is 19.8 Å². The number of hydrogen-bond donors (Lipinski definition) is 0. The van der Waals surface area contributed by atoms with E-state index in [1.165, 1.54) is 0 Å². The lowest BCUT2D eigenvalue weighted by atomic mass is 10.1. The summed E-state index contributed by atoms with van der Waals surface area (Å²) in [5, 5.41) is 0. The van der Waals surface area contributed by atoms with Gasteiger partial charge in [0.25, 0.3) is 0 Å². The molecule has 0 aromatic rings. The van der Waals surface area contributed by atoms with Gasteiger partial charge in [0.1, 0.15) is 0 Å². The van der Waals surface area contributed by atoms with Crippen LogP contribution in [0.2, 0.25) is 0 Å². The van der Waals surface area contributed by atoms with Crippen molar-refractivity contribution in [3.63, 3.8) is 0 Å². The molecular formula is C11H20O4. The molecule has 0 aromatic carbocycles. The second-order valence-electron chi connectivity index (χ2n) is 3.62. The van der Waals surface area contributed by atoms with Crippen molar-refractivity contribution in [1.82, 2.24) is 0 Å². The Balaban J connectivity index is 1.93. The number of rotatable bonds is 6. The fraction of sp³-hybridized carbons (Fsp3) is 0.909. The molecule has 1 heterocycles. The number of carbonyl (C=O) groups excluding carboxylic acids is 1.